The molecule has 0 spiro atoms. The lowest BCUT2D eigenvalue weighted by Crippen LogP contribution is -2.28. The Labute approximate surface area is 97.5 Å². The second kappa shape index (κ2) is 6.02. The van der Waals surface area contributed by atoms with Crippen molar-refractivity contribution in [2.45, 2.75) is 20.3 Å². The Morgan fingerprint density at radius 2 is 2.19 bits per heavy atom. The van der Waals surface area contributed by atoms with Gasteiger partial charge in [0.25, 0.3) is 0 Å². The van der Waals surface area contributed by atoms with E-state index in [1.54, 1.807) is 0 Å². The second-order valence-corrected chi connectivity index (χ2v) is 4.34. The molecule has 0 saturated heterocycles. The normalized spacial score (nSPS) is 10.1. The summed E-state index contributed by atoms with van der Waals surface area (Å²) in [4.78, 5) is 2.21. The maximum Gasteiger partial charge on any atom is 0.0640 e. The molecular weight excluding hydrogens is 198 g/mol. The molecule has 0 radical (unpaired) electrons. The van der Waals surface area contributed by atoms with E-state index in [0.717, 1.165) is 24.5 Å². The molecule has 3 nitrogen and oxygen atoms in total. The van der Waals surface area contributed by atoms with E-state index in [9.17, 15) is 0 Å². The van der Waals surface area contributed by atoms with Gasteiger partial charge in [0.1, 0.15) is 0 Å². The van der Waals surface area contributed by atoms with E-state index in [0.29, 0.717) is 12.3 Å². The van der Waals surface area contributed by atoms with Gasteiger partial charge in [-0.3, -0.25) is 0 Å². The molecule has 0 fully saturated rings. The van der Waals surface area contributed by atoms with Crippen molar-refractivity contribution in [1.29, 1.82) is 5.26 Å². The van der Waals surface area contributed by atoms with Crippen LogP contribution in [0.1, 0.15) is 20.3 Å². The summed E-state index contributed by atoms with van der Waals surface area (Å²) in [6.45, 7) is 6.06. The van der Waals surface area contributed by atoms with Crippen molar-refractivity contribution >= 4 is 11.4 Å². The highest BCUT2D eigenvalue weighted by molar-refractivity contribution is 5.55. The Balaban J connectivity index is 2.79. The second-order valence-electron chi connectivity index (χ2n) is 4.34. The summed E-state index contributed by atoms with van der Waals surface area (Å²) >= 11 is 0. The molecular formula is C13H19N3. The Bertz CT molecular complexity index is 366. The van der Waals surface area contributed by atoms with Gasteiger partial charge in [-0.1, -0.05) is 19.9 Å². The minimum absolute atomic E-state index is 0.543. The zero-order valence-corrected chi connectivity index (χ0v) is 9.98. The minimum atomic E-state index is 0.543. The van der Waals surface area contributed by atoms with Crippen molar-refractivity contribution in [3.05, 3.63) is 24.3 Å². The molecule has 0 aromatic heterocycles. The van der Waals surface area contributed by atoms with Gasteiger partial charge < -0.3 is 10.6 Å². The predicted molar refractivity (Wildman–Crippen MR) is 68.1 cm³/mol. The highest BCUT2D eigenvalue weighted by Gasteiger charge is 2.08. The molecule has 16 heavy (non-hydrogen) atoms. The number of nitriles is 1. The van der Waals surface area contributed by atoms with Crippen molar-refractivity contribution in [3.8, 4) is 6.07 Å². The van der Waals surface area contributed by atoms with Crippen LogP contribution in [0.25, 0.3) is 0 Å². The van der Waals surface area contributed by atoms with Gasteiger partial charge >= 0.3 is 0 Å². The van der Waals surface area contributed by atoms with Crippen LogP contribution in [0.2, 0.25) is 0 Å². The topological polar surface area (TPSA) is 53.0 Å². The number of nitrogens with zero attached hydrogens (tertiary/aromatic N) is 2. The van der Waals surface area contributed by atoms with Crippen molar-refractivity contribution in [2.24, 2.45) is 5.92 Å². The summed E-state index contributed by atoms with van der Waals surface area (Å²) in [6, 6.07) is 10.0. The number of benzene rings is 1. The monoisotopic (exact) mass is 217 g/mol. The number of anilines is 2. The highest BCUT2D eigenvalue weighted by atomic mass is 15.1. The molecule has 0 bridgehead atoms. The average Bonchev–Trinajstić information content (AvgIpc) is 2.23. The average molecular weight is 217 g/mol. The Morgan fingerprint density at radius 1 is 1.44 bits per heavy atom. The van der Waals surface area contributed by atoms with Crippen LogP contribution in [0.15, 0.2) is 24.3 Å². The quantitative estimate of drug-likeness (QED) is 0.771. The molecule has 2 N–H and O–H groups in total. The fraction of sp³-hybridized carbons (Fsp3) is 0.462. The lowest BCUT2D eigenvalue weighted by Gasteiger charge is -2.26. The van der Waals surface area contributed by atoms with Crippen LogP contribution in [0.3, 0.4) is 0 Å². The first-order valence-electron chi connectivity index (χ1n) is 5.61. The lowest BCUT2D eigenvalue weighted by molar-refractivity contribution is 0.612. The molecule has 0 atom stereocenters. The first kappa shape index (κ1) is 12.4. The molecule has 3 heteroatoms. The molecule has 0 aliphatic rings. The third-order valence-corrected chi connectivity index (χ3v) is 2.31. The van der Waals surface area contributed by atoms with Gasteiger partial charge in [-0.2, -0.15) is 5.26 Å². The maximum atomic E-state index is 8.65. The summed E-state index contributed by atoms with van der Waals surface area (Å²) in [6.07, 6.45) is 0.543. The number of hydrogen-bond donors (Lipinski definition) is 1. The Hall–Kier alpha value is -1.69. The number of hydrogen-bond acceptors (Lipinski definition) is 3. The SMILES string of the molecule is CC(C)CN(CCC#N)c1cccc(N)c1. The highest BCUT2D eigenvalue weighted by Crippen LogP contribution is 2.18. The first-order chi connectivity index (χ1) is 7.63. The van der Waals surface area contributed by atoms with E-state index in [-0.39, 0.29) is 0 Å². The number of nitrogen functional groups attached to an aromatic ring is 1. The molecule has 0 aliphatic carbocycles. The molecule has 0 unspecified atom stereocenters. The Kier molecular flexibility index (Phi) is 4.65. The van der Waals surface area contributed by atoms with E-state index in [1.165, 1.54) is 0 Å². The minimum Gasteiger partial charge on any atom is -0.399 e. The molecule has 0 heterocycles. The molecule has 0 amide bonds. The molecule has 86 valence electrons. The zero-order valence-electron chi connectivity index (χ0n) is 9.98. The van der Waals surface area contributed by atoms with Crippen molar-refractivity contribution in [1.82, 2.24) is 0 Å². The molecule has 1 aromatic rings. The van der Waals surface area contributed by atoms with E-state index >= 15 is 0 Å². The van der Waals surface area contributed by atoms with Crippen LogP contribution in [0.5, 0.6) is 0 Å². The summed E-state index contributed by atoms with van der Waals surface area (Å²) in [5.74, 6) is 0.570. The summed E-state index contributed by atoms with van der Waals surface area (Å²) in [5.41, 5.74) is 7.63. The number of nitrogens with two attached hydrogens (primary N) is 1. The fourth-order valence-electron chi connectivity index (χ4n) is 1.67. The van der Waals surface area contributed by atoms with Crippen molar-refractivity contribution in [2.75, 3.05) is 23.7 Å². The van der Waals surface area contributed by atoms with E-state index in [2.05, 4.69) is 24.8 Å². The van der Waals surface area contributed by atoms with Crippen molar-refractivity contribution < 1.29 is 0 Å². The zero-order chi connectivity index (χ0) is 12.0. The van der Waals surface area contributed by atoms with E-state index in [4.69, 9.17) is 11.0 Å². The molecule has 1 rings (SSSR count). The van der Waals surface area contributed by atoms with Gasteiger partial charge in [0, 0.05) is 24.5 Å². The van der Waals surface area contributed by atoms with E-state index < -0.39 is 0 Å². The third-order valence-electron chi connectivity index (χ3n) is 2.31. The van der Waals surface area contributed by atoms with Crippen molar-refractivity contribution in [3.63, 3.8) is 0 Å². The molecule has 0 aliphatic heterocycles. The van der Waals surface area contributed by atoms with Gasteiger partial charge in [0.05, 0.1) is 12.5 Å². The first-order valence-corrected chi connectivity index (χ1v) is 5.61. The predicted octanol–water partition coefficient (Wildman–Crippen LogP) is 2.64. The molecule has 0 saturated carbocycles. The van der Waals surface area contributed by atoms with Crippen LogP contribution in [0.4, 0.5) is 11.4 Å². The Morgan fingerprint density at radius 3 is 2.75 bits per heavy atom. The largest absolute Gasteiger partial charge is 0.399 e. The maximum absolute atomic E-state index is 8.65. The van der Waals surface area contributed by atoms with Crippen LogP contribution < -0.4 is 10.6 Å². The van der Waals surface area contributed by atoms with Gasteiger partial charge in [0.15, 0.2) is 0 Å². The van der Waals surface area contributed by atoms with Crippen LogP contribution >= 0.6 is 0 Å². The summed E-state index contributed by atoms with van der Waals surface area (Å²) in [7, 11) is 0. The van der Waals surface area contributed by atoms with Gasteiger partial charge in [0.2, 0.25) is 0 Å². The van der Waals surface area contributed by atoms with Crippen LogP contribution in [0, 0.1) is 17.2 Å². The van der Waals surface area contributed by atoms with E-state index in [1.807, 2.05) is 24.3 Å². The summed E-state index contributed by atoms with van der Waals surface area (Å²) < 4.78 is 0. The van der Waals surface area contributed by atoms with Gasteiger partial charge in [-0.25, -0.2) is 0 Å². The number of rotatable bonds is 5. The smallest absolute Gasteiger partial charge is 0.0640 e. The lowest BCUT2D eigenvalue weighted by atomic mass is 10.1. The fourth-order valence-corrected chi connectivity index (χ4v) is 1.67. The van der Waals surface area contributed by atoms with Gasteiger partial charge in [-0.05, 0) is 24.1 Å². The summed E-state index contributed by atoms with van der Waals surface area (Å²) in [5, 5.41) is 8.65. The molecule has 1 aromatic carbocycles. The van der Waals surface area contributed by atoms with Gasteiger partial charge in [-0.15, -0.1) is 0 Å². The van der Waals surface area contributed by atoms with Crippen LogP contribution in [-0.2, 0) is 0 Å². The third kappa shape index (κ3) is 3.82. The van der Waals surface area contributed by atoms with Crippen LogP contribution in [-0.4, -0.2) is 13.1 Å². The standard InChI is InChI=1S/C13H19N3/c1-11(2)10-16(8-4-7-14)13-6-3-5-12(15)9-13/h3,5-6,9,11H,4,8,10,15H2,1-2H3.